The number of aliphatic hydroxyl groups excluding tert-OH is 1. The molecule has 0 aromatic rings. The average molecular weight is 201 g/mol. The van der Waals surface area contributed by atoms with Crippen molar-refractivity contribution in [3.8, 4) is 0 Å². The van der Waals surface area contributed by atoms with Crippen LogP contribution >= 0.6 is 0 Å². The molecule has 0 radical (unpaired) electrons. The number of aliphatic hydroxyl groups is 1. The summed E-state index contributed by atoms with van der Waals surface area (Å²) >= 11 is 0. The first-order valence-corrected chi connectivity index (χ1v) is 4.99. The lowest BCUT2D eigenvalue weighted by molar-refractivity contribution is -0.159. The van der Waals surface area contributed by atoms with Gasteiger partial charge >= 0.3 is 0 Å². The van der Waals surface area contributed by atoms with Gasteiger partial charge in [-0.2, -0.15) is 0 Å². The topological polar surface area (TPSA) is 58.6 Å². The van der Waals surface area contributed by atoms with Gasteiger partial charge in [0, 0.05) is 0 Å². The van der Waals surface area contributed by atoms with E-state index in [1.807, 2.05) is 20.8 Å². The van der Waals surface area contributed by atoms with E-state index in [4.69, 9.17) is 9.84 Å². The first-order chi connectivity index (χ1) is 6.49. The molecular weight excluding hydrogens is 182 g/mol. The van der Waals surface area contributed by atoms with E-state index in [0.29, 0.717) is 13.2 Å². The maximum atomic E-state index is 11.7. The van der Waals surface area contributed by atoms with Crippen molar-refractivity contribution in [3.05, 3.63) is 0 Å². The van der Waals surface area contributed by atoms with Gasteiger partial charge in [-0.1, -0.05) is 13.8 Å². The summed E-state index contributed by atoms with van der Waals surface area (Å²) in [6.45, 7) is 6.77. The van der Waals surface area contributed by atoms with Crippen molar-refractivity contribution in [2.45, 2.75) is 26.8 Å². The van der Waals surface area contributed by atoms with E-state index in [1.54, 1.807) is 0 Å². The minimum Gasteiger partial charge on any atom is -0.394 e. The number of rotatable bonds is 4. The van der Waals surface area contributed by atoms with Crippen molar-refractivity contribution in [1.29, 1.82) is 0 Å². The smallest absolute Gasteiger partial charge is 0.230 e. The van der Waals surface area contributed by atoms with Crippen LogP contribution in [0, 0.1) is 11.3 Å². The Morgan fingerprint density at radius 3 is 2.43 bits per heavy atom. The fourth-order valence-electron chi connectivity index (χ4n) is 1.31. The highest BCUT2D eigenvalue weighted by atomic mass is 16.5. The van der Waals surface area contributed by atoms with Crippen LogP contribution in [0.15, 0.2) is 0 Å². The van der Waals surface area contributed by atoms with Crippen molar-refractivity contribution in [1.82, 2.24) is 5.32 Å². The zero-order chi connectivity index (χ0) is 10.8. The van der Waals surface area contributed by atoms with E-state index in [9.17, 15) is 4.79 Å². The van der Waals surface area contributed by atoms with Gasteiger partial charge in [-0.3, -0.25) is 4.79 Å². The minimum absolute atomic E-state index is 0.0135. The molecule has 1 rings (SSSR count). The predicted molar refractivity (Wildman–Crippen MR) is 52.8 cm³/mol. The first-order valence-electron chi connectivity index (χ1n) is 4.99. The van der Waals surface area contributed by atoms with Crippen LogP contribution in [0.25, 0.3) is 0 Å². The second-order valence-corrected chi connectivity index (χ2v) is 4.56. The lowest BCUT2D eigenvalue weighted by Crippen LogP contribution is -2.55. The van der Waals surface area contributed by atoms with Crippen LogP contribution < -0.4 is 5.32 Å². The second-order valence-electron chi connectivity index (χ2n) is 4.56. The van der Waals surface area contributed by atoms with Crippen LogP contribution in [-0.2, 0) is 9.53 Å². The van der Waals surface area contributed by atoms with E-state index in [2.05, 4.69) is 5.32 Å². The molecule has 1 aliphatic heterocycles. The van der Waals surface area contributed by atoms with Crippen molar-refractivity contribution in [2.75, 3.05) is 19.8 Å². The highest BCUT2D eigenvalue weighted by Crippen LogP contribution is 2.26. The number of nitrogens with one attached hydrogen (secondary N) is 1. The molecule has 0 aliphatic carbocycles. The van der Waals surface area contributed by atoms with Gasteiger partial charge < -0.3 is 15.2 Å². The zero-order valence-electron chi connectivity index (χ0n) is 9.04. The molecule has 1 atom stereocenters. The van der Waals surface area contributed by atoms with Crippen LogP contribution in [0.3, 0.4) is 0 Å². The number of hydrogen-bond acceptors (Lipinski definition) is 3. The Kier molecular flexibility index (Phi) is 3.50. The number of carbonyl (C=O) groups is 1. The summed E-state index contributed by atoms with van der Waals surface area (Å²) in [4.78, 5) is 11.7. The SMILES string of the molecule is CC(C)[C@@H](CO)NC(=O)C1(C)COC1. The van der Waals surface area contributed by atoms with Gasteiger partial charge in [-0.05, 0) is 12.8 Å². The van der Waals surface area contributed by atoms with Crippen LogP contribution in [-0.4, -0.2) is 36.9 Å². The van der Waals surface area contributed by atoms with E-state index < -0.39 is 0 Å². The molecule has 1 amide bonds. The number of amides is 1. The van der Waals surface area contributed by atoms with Crippen LogP contribution in [0.5, 0.6) is 0 Å². The van der Waals surface area contributed by atoms with Gasteiger partial charge in [0.2, 0.25) is 5.91 Å². The molecule has 82 valence electrons. The van der Waals surface area contributed by atoms with Crippen molar-refractivity contribution in [2.24, 2.45) is 11.3 Å². The molecule has 0 unspecified atom stereocenters. The van der Waals surface area contributed by atoms with Gasteiger partial charge in [0.25, 0.3) is 0 Å². The Labute approximate surface area is 84.6 Å². The Hall–Kier alpha value is -0.610. The van der Waals surface area contributed by atoms with E-state index >= 15 is 0 Å². The molecule has 0 bridgehead atoms. The summed E-state index contributed by atoms with van der Waals surface area (Å²) in [5.41, 5.74) is -0.387. The summed E-state index contributed by atoms with van der Waals surface area (Å²) < 4.78 is 5.01. The minimum atomic E-state index is -0.387. The molecule has 0 aromatic heterocycles. The van der Waals surface area contributed by atoms with E-state index in [0.717, 1.165) is 0 Å². The van der Waals surface area contributed by atoms with Crippen molar-refractivity contribution >= 4 is 5.91 Å². The largest absolute Gasteiger partial charge is 0.394 e. The molecule has 0 aromatic carbocycles. The number of ether oxygens (including phenoxy) is 1. The summed E-state index contributed by atoms with van der Waals surface area (Å²) in [6.07, 6.45) is 0. The molecule has 0 spiro atoms. The Morgan fingerprint density at radius 2 is 2.14 bits per heavy atom. The summed E-state index contributed by atoms with van der Waals surface area (Å²) in [6, 6.07) is -0.153. The Balaban J connectivity index is 2.46. The highest BCUT2D eigenvalue weighted by molar-refractivity contribution is 5.83. The standard InChI is InChI=1S/C10H19NO3/c1-7(2)8(4-12)11-9(13)10(3)5-14-6-10/h7-8,12H,4-6H2,1-3H3,(H,11,13)/t8-/m1/s1. The van der Waals surface area contributed by atoms with Crippen molar-refractivity contribution in [3.63, 3.8) is 0 Å². The molecule has 0 saturated carbocycles. The fraction of sp³-hybridized carbons (Fsp3) is 0.900. The zero-order valence-corrected chi connectivity index (χ0v) is 9.04. The normalized spacial score (nSPS) is 21.5. The van der Waals surface area contributed by atoms with Gasteiger partial charge in [-0.15, -0.1) is 0 Å². The Morgan fingerprint density at radius 1 is 1.57 bits per heavy atom. The van der Waals surface area contributed by atoms with E-state index in [-0.39, 0.29) is 29.9 Å². The molecule has 1 saturated heterocycles. The van der Waals surface area contributed by atoms with Crippen molar-refractivity contribution < 1.29 is 14.6 Å². The van der Waals surface area contributed by atoms with Gasteiger partial charge in [0.15, 0.2) is 0 Å². The molecule has 4 nitrogen and oxygen atoms in total. The Bertz CT molecular complexity index is 211. The third-order valence-corrected chi connectivity index (χ3v) is 2.71. The quantitative estimate of drug-likeness (QED) is 0.681. The third kappa shape index (κ3) is 2.25. The van der Waals surface area contributed by atoms with Crippen LogP contribution in [0.4, 0.5) is 0 Å². The number of hydrogen-bond donors (Lipinski definition) is 2. The summed E-state index contributed by atoms with van der Waals surface area (Å²) in [5, 5.41) is 11.9. The number of carbonyl (C=O) groups excluding carboxylic acids is 1. The fourth-order valence-corrected chi connectivity index (χ4v) is 1.31. The molecule has 1 aliphatic rings. The highest BCUT2D eigenvalue weighted by Gasteiger charge is 2.41. The predicted octanol–water partition coefficient (Wildman–Crippen LogP) is 0.156. The molecule has 14 heavy (non-hydrogen) atoms. The molecule has 1 heterocycles. The lowest BCUT2D eigenvalue weighted by atomic mass is 9.87. The molecule has 2 N–H and O–H groups in total. The maximum absolute atomic E-state index is 11.7. The van der Waals surface area contributed by atoms with E-state index in [1.165, 1.54) is 0 Å². The van der Waals surface area contributed by atoms with Gasteiger partial charge in [-0.25, -0.2) is 0 Å². The average Bonchev–Trinajstić information content (AvgIpc) is 2.09. The molecular formula is C10H19NO3. The molecule has 4 heteroatoms. The first kappa shape index (κ1) is 11.5. The van der Waals surface area contributed by atoms with Crippen LogP contribution in [0.1, 0.15) is 20.8 Å². The third-order valence-electron chi connectivity index (χ3n) is 2.71. The van der Waals surface area contributed by atoms with Gasteiger partial charge in [0.05, 0.1) is 31.3 Å². The maximum Gasteiger partial charge on any atom is 0.230 e. The van der Waals surface area contributed by atoms with Crippen LogP contribution in [0.2, 0.25) is 0 Å². The second kappa shape index (κ2) is 4.28. The molecule has 1 fully saturated rings. The van der Waals surface area contributed by atoms with Gasteiger partial charge in [0.1, 0.15) is 0 Å². The summed E-state index contributed by atoms with van der Waals surface area (Å²) in [5.74, 6) is 0.227. The monoisotopic (exact) mass is 201 g/mol. The summed E-state index contributed by atoms with van der Waals surface area (Å²) in [7, 11) is 0. The lowest BCUT2D eigenvalue weighted by Gasteiger charge is -2.37.